The third kappa shape index (κ3) is 1.95. The fourth-order valence-electron chi connectivity index (χ4n) is 2.16. The monoisotopic (exact) mass is 209 g/mol. The Morgan fingerprint density at radius 3 is 2.80 bits per heavy atom. The average molecular weight is 209 g/mol. The molecule has 5 heteroatoms. The van der Waals surface area contributed by atoms with Gasteiger partial charge in [-0.2, -0.15) is 0 Å². The molecule has 1 heterocycles. The molecule has 1 aromatic rings. The molecule has 0 bridgehead atoms. The van der Waals surface area contributed by atoms with Gasteiger partial charge in [-0.15, -0.1) is 0 Å². The van der Waals surface area contributed by atoms with Crippen molar-refractivity contribution in [1.82, 2.24) is 9.55 Å². The van der Waals surface area contributed by atoms with Gasteiger partial charge in [0.25, 0.3) is 5.56 Å². The van der Waals surface area contributed by atoms with Gasteiger partial charge < -0.3 is 5.73 Å². The number of H-pyrrole nitrogens is 1. The summed E-state index contributed by atoms with van der Waals surface area (Å²) in [6.45, 7) is 2.85. The number of nitrogens with one attached hydrogen (secondary N) is 1. The molecule has 1 saturated carbocycles. The van der Waals surface area contributed by atoms with Gasteiger partial charge in [-0.05, 0) is 24.7 Å². The minimum absolute atomic E-state index is 0.0990. The van der Waals surface area contributed by atoms with E-state index >= 15 is 0 Å². The maximum absolute atomic E-state index is 11.4. The molecule has 0 atom stereocenters. The SMILES string of the molecule is CC1CC(Cn2cc(N)c(=O)[nH]c2=O)C1. The Hall–Kier alpha value is -1.52. The zero-order valence-corrected chi connectivity index (χ0v) is 8.69. The van der Waals surface area contributed by atoms with Crippen LogP contribution in [0, 0.1) is 11.8 Å². The van der Waals surface area contributed by atoms with Crippen molar-refractivity contribution >= 4 is 5.69 Å². The number of nitrogen functional groups attached to an aromatic ring is 1. The first-order chi connectivity index (χ1) is 7.06. The zero-order chi connectivity index (χ0) is 11.0. The van der Waals surface area contributed by atoms with Gasteiger partial charge in [-0.1, -0.05) is 6.92 Å². The van der Waals surface area contributed by atoms with Gasteiger partial charge in [0.1, 0.15) is 5.69 Å². The minimum Gasteiger partial charge on any atom is -0.393 e. The Bertz CT molecular complexity index is 468. The van der Waals surface area contributed by atoms with Crippen LogP contribution in [0.3, 0.4) is 0 Å². The fraction of sp³-hybridized carbons (Fsp3) is 0.600. The zero-order valence-electron chi connectivity index (χ0n) is 8.69. The van der Waals surface area contributed by atoms with Gasteiger partial charge in [0.05, 0.1) is 0 Å². The predicted octanol–water partition coefficient (Wildman–Crippen LogP) is 0.165. The van der Waals surface area contributed by atoms with Crippen molar-refractivity contribution in [2.45, 2.75) is 26.3 Å². The topological polar surface area (TPSA) is 80.9 Å². The summed E-state index contributed by atoms with van der Waals surface area (Å²) in [5.41, 5.74) is 4.68. The van der Waals surface area contributed by atoms with Crippen LogP contribution in [-0.2, 0) is 6.54 Å². The number of aromatic nitrogens is 2. The second kappa shape index (κ2) is 3.56. The number of anilines is 1. The van der Waals surface area contributed by atoms with E-state index in [2.05, 4.69) is 11.9 Å². The van der Waals surface area contributed by atoms with Gasteiger partial charge in [-0.3, -0.25) is 14.3 Å². The van der Waals surface area contributed by atoms with E-state index in [1.54, 1.807) is 0 Å². The lowest BCUT2D eigenvalue weighted by Gasteiger charge is -2.32. The quantitative estimate of drug-likeness (QED) is 0.728. The number of nitrogens with two attached hydrogens (primary N) is 1. The predicted molar refractivity (Wildman–Crippen MR) is 57.6 cm³/mol. The summed E-state index contributed by atoms with van der Waals surface area (Å²) in [7, 11) is 0. The van der Waals surface area contributed by atoms with E-state index in [0.717, 1.165) is 18.8 Å². The summed E-state index contributed by atoms with van der Waals surface area (Å²) in [6.07, 6.45) is 3.72. The van der Waals surface area contributed by atoms with Crippen LogP contribution in [0.5, 0.6) is 0 Å². The second-order valence-electron chi connectivity index (χ2n) is 4.44. The summed E-state index contributed by atoms with van der Waals surface area (Å²) in [5.74, 6) is 1.30. The number of nitrogens with zero attached hydrogens (tertiary/aromatic N) is 1. The molecule has 0 unspecified atom stereocenters. The lowest BCUT2D eigenvalue weighted by atomic mass is 9.76. The first-order valence-electron chi connectivity index (χ1n) is 5.15. The number of hydrogen-bond acceptors (Lipinski definition) is 3. The minimum atomic E-state index is -0.502. The van der Waals surface area contributed by atoms with E-state index < -0.39 is 5.56 Å². The van der Waals surface area contributed by atoms with Crippen molar-refractivity contribution in [2.75, 3.05) is 5.73 Å². The van der Waals surface area contributed by atoms with Gasteiger partial charge in [-0.25, -0.2) is 4.79 Å². The van der Waals surface area contributed by atoms with Crippen molar-refractivity contribution in [2.24, 2.45) is 11.8 Å². The summed E-state index contributed by atoms with van der Waals surface area (Å²) in [6, 6.07) is 0. The highest BCUT2D eigenvalue weighted by Crippen LogP contribution is 2.33. The molecule has 0 saturated heterocycles. The third-order valence-electron chi connectivity index (χ3n) is 2.96. The lowest BCUT2D eigenvalue weighted by Crippen LogP contribution is -2.35. The summed E-state index contributed by atoms with van der Waals surface area (Å²) < 4.78 is 1.49. The molecular formula is C10H15N3O2. The van der Waals surface area contributed by atoms with Crippen molar-refractivity contribution in [3.05, 3.63) is 27.0 Å². The molecule has 1 aromatic heterocycles. The molecule has 0 amide bonds. The molecule has 0 radical (unpaired) electrons. The lowest BCUT2D eigenvalue weighted by molar-refractivity contribution is 0.185. The fourth-order valence-corrected chi connectivity index (χ4v) is 2.16. The highest BCUT2D eigenvalue weighted by Gasteiger charge is 2.25. The highest BCUT2D eigenvalue weighted by atomic mass is 16.2. The molecule has 0 aliphatic heterocycles. The molecule has 1 aliphatic carbocycles. The Morgan fingerprint density at radius 1 is 1.53 bits per heavy atom. The summed E-state index contributed by atoms with van der Waals surface area (Å²) in [4.78, 5) is 24.6. The van der Waals surface area contributed by atoms with Gasteiger partial charge >= 0.3 is 5.69 Å². The smallest absolute Gasteiger partial charge is 0.328 e. The van der Waals surface area contributed by atoms with Crippen LogP contribution in [0.2, 0.25) is 0 Å². The number of rotatable bonds is 2. The summed E-state index contributed by atoms with van der Waals surface area (Å²) >= 11 is 0. The van der Waals surface area contributed by atoms with Crippen LogP contribution in [-0.4, -0.2) is 9.55 Å². The molecule has 1 aliphatic rings. The van der Waals surface area contributed by atoms with Crippen LogP contribution in [0.15, 0.2) is 15.8 Å². The molecule has 82 valence electrons. The molecule has 0 spiro atoms. The van der Waals surface area contributed by atoms with E-state index in [4.69, 9.17) is 5.73 Å². The van der Waals surface area contributed by atoms with Crippen LogP contribution in [0.1, 0.15) is 19.8 Å². The van der Waals surface area contributed by atoms with E-state index in [9.17, 15) is 9.59 Å². The van der Waals surface area contributed by atoms with Crippen molar-refractivity contribution in [1.29, 1.82) is 0 Å². The van der Waals surface area contributed by atoms with Crippen LogP contribution < -0.4 is 17.0 Å². The van der Waals surface area contributed by atoms with Crippen molar-refractivity contribution < 1.29 is 0 Å². The third-order valence-corrected chi connectivity index (χ3v) is 2.96. The Kier molecular flexibility index (Phi) is 2.38. The first kappa shape index (κ1) is 10.0. The van der Waals surface area contributed by atoms with Crippen molar-refractivity contribution in [3.8, 4) is 0 Å². The largest absolute Gasteiger partial charge is 0.393 e. The van der Waals surface area contributed by atoms with E-state index in [1.807, 2.05) is 0 Å². The normalized spacial score (nSPS) is 24.9. The Morgan fingerprint density at radius 2 is 2.20 bits per heavy atom. The van der Waals surface area contributed by atoms with Crippen LogP contribution in [0.25, 0.3) is 0 Å². The second-order valence-corrected chi connectivity index (χ2v) is 4.44. The molecular weight excluding hydrogens is 194 g/mol. The molecule has 15 heavy (non-hydrogen) atoms. The van der Waals surface area contributed by atoms with Crippen molar-refractivity contribution in [3.63, 3.8) is 0 Å². The number of aromatic amines is 1. The molecule has 1 fully saturated rings. The van der Waals surface area contributed by atoms with Crippen LogP contribution >= 0.6 is 0 Å². The van der Waals surface area contributed by atoms with E-state index in [-0.39, 0.29) is 11.4 Å². The average Bonchev–Trinajstić information content (AvgIpc) is 2.11. The summed E-state index contributed by atoms with van der Waals surface area (Å²) in [5, 5.41) is 0. The number of hydrogen-bond donors (Lipinski definition) is 2. The Labute approximate surface area is 86.9 Å². The van der Waals surface area contributed by atoms with Crippen LogP contribution in [0.4, 0.5) is 5.69 Å². The highest BCUT2D eigenvalue weighted by molar-refractivity contribution is 5.30. The van der Waals surface area contributed by atoms with E-state index in [1.165, 1.54) is 10.8 Å². The maximum Gasteiger partial charge on any atom is 0.328 e. The Balaban J connectivity index is 2.18. The standard InChI is InChI=1S/C10H15N3O2/c1-6-2-7(3-6)4-13-5-8(11)9(14)12-10(13)15/h5-7H,2-4,11H2,1H3,(H,12,14,15). The molecule has 2 rings (SSSR count). The molecule has 3 N–H and O–H groups in total. The maximum atomic E-state index is 11.4. The molecule has 0 aromatic carbocycles. The first-order valence-corrected chi connectivity index (χ1v) is 5.15. The molecule has 5 nitrogen and oxygen atoms in total. The van der Waals surface area contributed by atoms with Gasteiger partial charge in [0, 0.05) is 12.7 Å². The van der Waals surface area contributed by atoms with Gasteiger partial charge in [0.15, 0.2) is 0 Å². The van der Waals surface area contributed by atoms with E-state index in [0.29, 0.717) is 12.5 Å². The van der Waals surface area contributed by atoms with Gasteiger partial charge in [0.2, 0.25) is 0 Å².